The molecule has 0 saturated heterocycles. The summed E-state index contributed by atoms with van der Waals surface area (Å²) in [6, 6.07) is -0.234. The highest BCUT2D eigenvalue weighted by atomic mass is 16.6. The van der Waals surface area contributed by atoms with E-state index in [1.807, 2.05) is 32.3 Å². The predicted octanol–water partition coefficient (Wildman–Crippen LogP) is 2.18. The van der Waals surface area contributed by atoms with Gasteiger partial charge in [-0.15, -0.1) is 0 Å². The van der Waals surface area contributed by atoms with Gasteiger partial charge in [-0.3, -0.25) is 9.67 Å². The number of amides is 1. The van der Waals surface area contributed by atoms with E-state index in [-0.39, 0.29) is 6.04 Å². The molecule has 0 spiro atoms. The Morgan fingerprint density at radius 2 is 2.20 bits per heavy atom. The maximum Gasteiger partial charge on any atom is 0.408 e. The van der Waals surface area contributed by atoms with Gasteiger partial charge >= 0.3 is 6.09 Å². The van der Waals surface area contributed by atoms with Crippen molar-refractivity contribution in [2.75, 3.05) is 0 Å². The van der Waals surface area contributed by atoms with Crippen molar-refractivity contribution in [2.45, 2.75) is 39.3 Å². The molecule has 2 aromatic heterocycles. The molecule has 7 nitrogen and oxygen atoms in total. The molecule has 1 atom stereocenters. The number of carbonyl (C=O) groups is 1. The third-order valence-electron chi connectivity index (χ3n) is 2.61. The highest BCUT2D eigenvalue weighted by Gasteiger charge is 2.20. The van der Waals surface area contributed by atoms with E-state index in [1.165, 1.54) is 0 Å². The molecule has 2 rings (SSSR count). The number of hydrogen-bond acceptors (Lipinski definition) is 4. The summed E-state index contributed by atoms with van der Waals surface area (Å²) in [6.07, 6.45) is 6.36. The van der Waals surface area contributed by atoms with Crippen molar-refractivity contribution in [2.24, 2.45) is 0 Å². The minimum atomic E-state index is -0.519. The second kappa shape index (κ2) is 5.36. The minimum absolute atomic E-state index is 0.234. The van der Waals surface area contributed by atoms with Crippen molar-refractivity contribution >= 4 is 6.09 Å². The van der Waals surface area contributed by atoms with Crippen molar-refractivity contribution in [1.29, 1.82) is 0 Å². The Bertz CT molecular complexity index is 568. The van der Waals surface area contributed by atoms with Crippen molar-refractivity contribution in [3.8, 4) is 5.69 Å². The molecule has 0 saturated carbocycles. The Morgan fingerprint density at radius 3 is 2.80 bits per heavy atom. The second-order valence-electron chi connectivity index (χ2n) is 5.51. The average Bonchev–Trinajstić information content (AvgIpc) is 2.97. The summed E-state index contributed by atoms with van der Waals surface area (Å²) in [5, 5.41) is 9.44. The summed E-state index contributed by atoms with van der Waals surface area (Å²) in [6.45, 7) is 7.35. The number of rotatable bonds is 3. The van der Waals surface area contributed by atoms with E-state index in [9.17, 15) is 4.79 Å². The third kappa shape index (κ3) is 3.37. The fourth-order valence-corrected chi connectivity index (χ4v) is 1.78. The first-order valence-corrected chi connectivity index (χ1v) is 6.38. The van der Waals surface area contributed by atoms with E-state index in [0.29, 0.717) is 0 Å². The van der Waals surface area contributed by atoms with E-state index in [4.69, 9.17) is 4.74 Å². The Kier molecular flexibility index (Phi) is 3.78. The molecule has 1 amide bonds. The molecule has 20 heavy (non-hydrogen) atoms. The van der Waals surface area contributed by atoms with Gasteiger partial charge in [0.15, 0.2) is 0 Å². The number of alkyl carbamates (subject to hydrolysis) is 1. The molecule has 0 aliphatic carbocycles. The molecule has 108 valence electrons. The Balaban J connectivity index is 2.09. The topological polar surface area (TPSA) is 84.8 Å². The van der Waals surface area contributed by atoms with Crippen LogP contribution in [0.1, 0.15) is 39.4 Å². The summed E-state index contributed by atoms with van der Waals surface area (Å²) in [7, 11) is 0. The van der Waals surface area contributed by atoms with Gasteiger partial charge in [0, 0.05) is 6.20 Å². The smallest absolute Gasteiger partial charge is 0.408 e. The van der Waals surface area contributed by atoms with Crippen LogP contribution < -0.4 is 5.32 Å². The van der Waals surface area contributed by atoms with E-state index in [1.54, 1.807) is 24.9 Å². The quantitative estimate of drug-likeness (QED) is 0.900. The van der Waals surface area contributed by atoms with Crippen LogP contribution in [0.2, 0.25) is 0 Å². The largest absolute Gasteiger partial charge is 0.444 e. The van der Waals surface area contributed by atoms with Crippen molar-refractivity contribution in [3.05, 3.63) is 30.6 Å². The Morgan fingerprint density at radius 1 is 1.45 bits per heavy atom. The van der Waals surface area contributed by atoms with Gasteiger partial charge in [-0.05, 0) is 27.7 Å². The molecule has 0 aliphatic heterocycles. The molecule has 2 aromatic rings. The lowest BCUT2D eigenvalue weighted by atomic mass is 10.2. The highest BCUT2D eigenvalue weighted by molar-refractivity contribution is 5.68. The average molecular weight is 277 g/mol. The Hall–Kier alpha value is -2.31. The number of imidazole rings is 1. The minimum Gasteiger partial charge on any atom is -0.444 e. The predicted molar refractivity (Wildman–Crippen MR) is 73.5 cm³/mol. The normalized spacial score (nSPS) is 13.0. The van der Waals surface area contributed by atoms with Crippen LogP contribution in [-0.4, -0.2) is 31.4 Å². The van der Waals surface area contributed by atoms with Crippen LogP contribution in [0.4, 0.5) is 4.79 Å². The molecule has 2 heterocycles. The fourth-order valence-electron chi connectivity index (χ4n) is 1.78. The summed E-state index contributed by atoms with van der Waals surface area (Å²) >= 11 is 0. The van der Waals surface area contributed by atoms with E-state index >= 15 is 0 Å². The third-order valence-corrected chi connectivity index (χ3v) is 2.61. The van der Waals surface area contributed by atoms with Gasteiger partial charge in [0.2, 0.25) is 0 Å². The lowest BCUT2D eigenvalue weighted by molar-refractivity contribution is 0.0506. The zero-order valence-electron chi connectivity index (χ0n) is 12.0. The van der Waals surface area contributed by atoms with Gasteiger partial charge in [0.05, 0.1) is 36.1 Å². The molecule has 0 aromatic carbocycles. The first-order valence-electron chi connectivity index (χ1n) is 6.38. The maximum atomic E-state index is 11.8. The van der Waals surface area contributed by atoms with Crippen molar-refractivity contribution in [1.82, 2.24) is 25.1 Å². The lowest BCUT2D eigenvalue weighted by Crippen LogP contribution is -2.34. The van der Waals surface area contributed by atoms with E-state index in [0.717, 1.165) is 11.4 Å². The number of carbonyl (C=O) groups excluding carboxylic acids is 1. The Labute approximate surface area is 117 Å². The number of ether oxygens (including phenoxy) is 1. The number of nitrogens with one attached hydrogen (secondary N) is 2. The van der Waals surface area contributed by atoms with Gasteiger partial charge in [0.25, 0.3) is 0 Å². The fraction of sp³-hybridized carbons (Fsp3) is 0.462. The van der Waals surface area contributed by atoms with Crippen LogP contribution in [-0.2, 0) is 4.74 Å². The molecule has 0 radical (unpaired) electrons. The van der Waals surface area contributed by atoms with Crippen molar-refractivity contribution in [3.63, 3.8) is 0 Å². The first-order chi connectivity index (χ1) is 9.37. The number of hydrogen-bond donors (Lipinski definition) is 2. The van der Waals surface area contributed by atoms with E-state index in [2.05, 4.69) is 20.5 Å². The molecule has 0 fully saturated rings. The molecular weight excluding hydrogens is 258 g/mol. The molecule has 0 aliphatic rings. The number of aromatic amines is 1. The monoisotopic (exact) mass is 277 g/mol. The lowest BCUT2D eigenvalue weighted by Gasteiger charge is -2.22. The van der Waals surface area contributed by atoms with Gasteiger partial charge in [0.1, 0.15) is 5.60 Å². The van der Waals surface area contributed by atoms with Crippen molar-refractivity contribution < 1.29 is 9.53 Å². The summed E-state index contributed by atoms with van der Waals surface area (Å²) in [5.41, 5.74) is 1.18. The molecular formula is C13H19N5O2. The summed E-state index contributed by atoms with van der Waals surface area (Å²) in [5.74, 6) is 0. The van der Waals surface area contributed by atoms with E-state index < -0.39 is 11.7 Å². The molecule has 1 unspecified atom stereocenters. The SMILES string of the molecule is CC(NC(=O)OC(C)(C)C)c1cncn1-c1cn[nH]c1. The van der Waals surface area contributed by atoms with Crippen LogP contribution in [0.15, 0.2) is 24.9 Å². The van der Waals surface area contributed by atoms with Gasteiger partial charge < -0.3 is 10.1 Å². The van der Waals surface area contributed by atoms with Crippen LogP contribution in [0.5, 0.6) is 0 Å². The number of aromatic nitrogens is 4. The van der Waals surface area contributed by atoms with Crippen LogP contribution >= 0.6 is 0 Å². The van der Waals surface area contributed by atoms with Crippen LogP contribution in [0, 0.1) is 0 Å². The van der Waals surface area contributed by atoms with Crippen LogP contribution in [0.25, 0.3) is 5.69 Å². The zero-order chi connectivity index (χ0) is 14.8. The standard InChI is InChI=1S/C13H19N5O2/c1-9(17-12(19)20-13(2,3)4)11-7-14-8-18(11)10-5-15-16-6-10/h5-9H,1-4H3,(H,15,16)(H,17,19). The number of H-pyrrole nitrogens is 1. The maximum absolute atomic E-state index is 11.8. The molecule has 7 heteroatoms. The molecule has 2 N–H and O–H groups in total. The van der Waals surface area contributed by atoms with Crippen LogP contribution in [0.3, 0.4) is 0 Å². The second-order valence-corrected chi connectivity index (χ2v) is 5.51. The zero-order valence-corrected chi connectivity index (χ0v) is 12.0. The summed E-state index contributed by atoms with van der Waals surface area (Å²) < 4.78 is 7.09. The molecule has 0 bridgehead atoms. The number of nitrogens with zero attached hydrogens (tertiary/aromatic N) is 3. The van der Waals surface area contributed by atoms with Gasteiger partial charge in [-0.2, -0.15) is 5.10 Å². The summed E-state index contributed by atoms with van der Waals surface area (Å²) in [4.78, 5) is 15.9. The van der Waals surface area contributed by atoms with Gasteiger partial charge in [-0.25, -0.2) is 9.78 Å². The first kappa shape index (κ1) is 14.1. The highest BCUT2D eigenvalue weighted by Crippen LogP contribution is 2.17. The van der Waals surface area contributed by atoms with Gasteiger partial charge in [-0.1, -0.05) is 0 Å².